The summed E-state index contributed by atoms with van der Waals surface area (Å²) in [4.78, 5) is 16.7. The lowest BCUT2D eigenvalue weighted by Crippen LogP contribution is -2.62. The SMILES string of the molecule is O=C1CN(CCC2=CCCCC2)[C@H]2CS(=O)(=O)C[C@H]2N1c1ccc(Cl)cc1. The molecule has 0 spiro atoms. The number of anilines is 1. The summed E-state index contributed by atoms with van der Waals surface area (Å²) in [6, 6.07) is 6.62. The zero-order valence-corrected chi connectivity index (χ0v) is 16.9. The number of sulfone groups is 1. The summed E-state index contributed by atoms with van der Waals surface area (Å²) >= 11 is 5.97. The number of carbonyl (C=O) groups is 1. The summed E-state index contributed by atoms with van der Waals surface area (Å²) in [5.74, 6) is 0.132. The van der Waals surface area contributed by atoms with Gasteiger partial charge >= 0.3 is 0 Å². The predicted octanol–water partition coefficient (Wildman–Crippen LogP) is 3.04. The Kier molecular flexibility index (Phi) is 5.32. The first kappa shape index (κ1) is 19.0. The van der Waals surface area contributed by atoms with E-state index in [2.05, 4.69) is 11.0 Å². The van der Waals surface area contributed by atoms with Crippen molar-refractivity contribution in [1.82, 2.24) is 4.90 Å². The first-order valence-electron chi connectivity index (χ1n) is 9.63. The summed E-state index contributed by atoms with van der Waals surface area (Å²) in [5, 5.41) is 0.598. The van der Waals surface area contributed by atoms with E-state index in [4.69, 9.17) is 11.6 Å². The smallest absolute Gasteiger partial charge is 0.241 e. The maximum atomic E-state index is 12.9. The highest BCUT2D eigenvalue weighted by atomic mass is 35.5. The molecule has 27 heavy (non-hydrogen) atoms. The zero-order valence-electron chi connectivity index (χ0n) is 15.3. The van der Waals surface area contributed by atoms with E-state index in [1.54, 1.807) is 29.2 Å². The van der Waals surface area contributed by atoms with Crippen molar-refractivity contribution in [3.63, 3.8) is 0 Å². The normalized spacial score (nSPS) is 28.1. The molecule has 1 amide bonds. The van der Waals surface area contributed by atoms with E-state index >= 15 is 0 Å². The molecular formula is C20H25ClN2O3S. The molecule has 7 heteroatoms. The minimum Gasteiger partial charge on any atom is -0.306 e. The van der Waals surface area contributed by atoms with Crippen LogP contribution in [0.3, 0.4) is 0 Å². The quantitative estimate of drug-likeness (QED) is 0.718. The molecule has 2 saturated heterocycles. The Hall–Kier alpha value is -1.37. The Labute approximate surface area is 165 Å². The largest absolute Gasteiger partial charge is 0.306 e. The first-order valence-corrected chi connectivity index (χ1v) is 11.8. The number of piperazine rings is 1. The van der Waals surface area contributed by atoms with Gasteiger partial charge in [0.25, 0.3) is 0 Å². The molecule has 2 aliphatic heterocycles. The van der Waals surface area contributed by atoms with Gasteiger partial charge in [0, 0.05) is 23.3 Å². The number of benzene rings is 1. The third kappa shape index (κ3) is 4.08. The van der Waals surface area contributed by atoms with Crippen LogP contribution in [0.25, 0.3) is 0 Å². The topological polar surface area (TPSA) is 57.7 Å². The number of halogens is 1. The average Bonchev–Trinajstić information content (AvgIpc) is 2.97. The number of rotatable bonds is 4. The van der Waals surface area contributed by atoms with Gasteiger partial charge in [0.1, 0.15) is 0 Å². The Balaban J connectivity index is 1.56. The van der Waals surface area contributed by atoms with Crippen LogP contribution in [0.5, 0.6) is 0 Å². The molecule has 2 fully saturated rings. The highest BCUT2D eigenvalue weighted by molar-refractivity contribution is 7.91. The maximum Gasteiger partial charge on any atom is 0.241 e. The molecule has 3 aliphatic rings. The Bertz CT molecular complexity index is 850. The monoisotopic (exact) mass is 408 g/mol. The highest BCUT2D eigenvalue weighted by Gasteiger charge is 2.49. The Morgan fingerprint density at radius 2 is 1.81 bits per heavy atom. The molecule has 1 aromatic rings. The molecule has 1 aliphatic carbocycles. The van der Waals surface area contributed by atoms with E-state index in [0.29, 0.717) is 5.02 Å². The molecule has 5 nitrogen and oxygen atoms in total. The number of hydrogen-bond acceptors (Lipinski definition) is 4. The molecule has 0 unspecified atom stereocenters. The fourth-order valence-corrected chi connectivity index (χ4v) is 6.67. The van der Waals surface area contributed by atoms with Crippen molar-refractivity contribution in [3.8, 4) is 0 Å². The highest BCUT2D eigenvalue weighted by Crippen LogP contribution is 2.33. The van der Waals surface area contributed by atoms with Crippen LogP contribution in [-0.4, -0.2) is 55.9 Å². The molecule has 146 valence electrons. The van der Waals surface area contributed by atoms with Crippen molar-refractivity contribution >= 4 is 33.0 Å². The van der Waals surface area contributed by atoms with Crippen molar-refractivity contribution in [3.05, 3.63) is 40.9 Å². The predicted molar refractivity (Wildman–Crippen MR) is 108 cm³/mol. The first-order chi connectivity index (χ1) is 12.9. The third-order valence-electron chi connectivity index (χ3n) is 5.91. The van der Waals surface area contributed by atoms with Gasteiger partial charge in [-0.15, -0.1) is 0 Å². The molecule has 0 N–H and O–H groups in total. The van der Waals surface area contributed by atoms with E-state index in [-0.39, 0.29) is 36.0 Å². The molecule has 2 heterocycles. The molecule has 0 radical (unpaired) electrons. The number of carbonyl (C=O) groups excluding carboxylic acids is 1. The maximum absolute atomic E-state index is 12.9. The van der Waals surface area contributed by atoms with Gasteiger partial charge in [0.15, 0.2) is 9.84 Å². The van der Waals surface area contributed by atoms with Gasteiger partial charge in [-0.1, -0.05) is 23.3 Å². The standard InChI is InChI=1S/C20H25ClN2O3S/c21-16-6-8-17(9-7-16)23-19-14-27(25,26)13-18(19)22(12-20(23)24)11-10-15-4-2-1-3-5-15/h4,6-9,18-19H,1-3,5,10-14H2/t18-,19+/m0/s1. The van der Waals surface area contributed by atoms with E-state index < -0.39 is 9.84 Å². The Morgan fingerprint density at radius 1 is 1.07 bits per heavy atom. The molecule has 1 aromatic carbocycles. The molecule has 0 bridgehead atoms. The van der Waals surface area contributed by atoms with Crippen LogP contribution < -0.4 is 4.90 Å². The van der Waals surface area contributed by atoms with E-state index in [1.165, 1.54) is 18.4 Å². The molecule has 0 aromatic heterocycles. The van der Waals surface area contributed by atoms with Gasteiger partial charge in [0.05, 0.1) is 24.1 Å². The van der Waals surface area contributed by atoms with Crippen LogP contribution in [0.15, 0.2) is 35.9 Å². The lowest BCUT2D eigenvalue weighted by molar-refractivity contribution is -0.123. The van der Waals surface area contributed by atoms with Crippen molar-refractivity contribution in [2.45, 2.75) is 44.2 Å². The second kappa shape index (κ2) is 7.57. The fraction of sp³-hybridized carbons (Fsp3) is 0.550. The van der Waals surface area contributed by atoms with Crippen LogP contribution >= 0.6 is 11.6 Å². The van der Waals surface area contributed by atoms with Crippen molar-refractivity contribution in [2.24, 2.45) is 0 Å². The number of fused-ring (bicyclic) bond motifs is 1. The molecular weight excluding hydrogens is 384 g/mol. The van der Waals surface area contributed by atoms with Gasteiger partial charge in [-0.3, -0.25) is 9.69 Å². The molecule has 0 saturated carbocycles. The van der Waals surface area contributed by atoms with Crippen molar-refractivity contribution in [1.29, 1.82) is 0 Å². The van der Waals surface area contributed by atoms with Gasteiger partial charge in [-0.25, -0.2) is 8.42 Å². The van der Waals surface area contributed by atoms with Crippen LogP contribution in [0.2, 0.25) is 5.02 Å². The third-order valence-corrected chi connectivity index (χ3v) is 7.86. The van der Waals surface area contributed by atoms with E-state index in [0.717, 1.165) is 31.5 Å². The number of amides is 1. The summed E-state index contributed by atoms with van der Waals surface area (Å²) in [6.07, 6.45) is 8.00. The lowest BCUT2D eigenvalue weighted by Gasteiger charge is -2.43. The summed E-state index contributed by atoms with van der Waals surface area (Å²) in [6.45, 7) is 1.02. The second-order valence-corrected chi connectivity index (χ2v) is 10.4. The number of allylic oxidation sites excluding steroid dienone is 1. The van der Waals surface area contributed by atoms with Crippen molar-refractivity contribution < 1.29 is 13.2 Å². The summed E-state index contributed by atoms with van der Waals surface area (Å²) < 4.78 is 24.8. The van der Waals surface area contributed by atoms with Gasteiger partial charge in [-0.2, -0.15) is 0 Å². The molecule has 4 rings (SSSR count). The van der Waals surface area contributed by atoms with Gasteiger partial charge in [0.2, 0.25) is 5.91 Å². The van der Waals surface area contributed by atoms with Gasteiger partial charge in [-0.05, 0) is 56.4 Å². The van der Waals surface area contributed by atoms with Gasteiger partial charge < -0.3 is 4.90 Å². The summed E-state index contributed by atoms with van der Waals surface area (Å²) in [7, 11) is -3.15. The van der Waals surface area contributed by atoms with Crippen LogP contribution in [0.1, 0.15) is 32.1 Å². The number of nitrogens with zero attached hydrogens (tertiary/aromatic N) is 2. The van der Waals surface area contributed by atoms with Crippen LogP contribution in [0, 0.1) is 0 Å². The zero-order chi connectivity index (χ0) is 19.0. The minimum atomic E-state index is -3.15. The minimum absolute atomic E-state index is 0.0330. The van der Waals surface area contributed by atoms with Crippen LogP contribution in [0.4, 0.5) is 5.69 Å². The molecule has 2 atom stereocenters. The second-order valence-electron chi connectivity index (χ2n) is 7.78. The van der Waals surface area contributed by atoms with E-state index in [1.807, 2.05) is 0 Å². The fourth-order valence-electron chi connectivity index (χ4n) is 4.56. The van der Waals surface area contributed by atoms with Crippen LogP contribution in [-0.2, 0) is 14.6 Å². The van der Waals surface area contributed by atoms with E-state index in [9.17, 15) is 13.2 Å². The Morgan fingerprint density at radius 3 is 2.52 bits per heavy atom. The number of hydrogen-bond donors (Lipinski definition) is 0. The lowest BCUT2D eigenvalue weighted by atomic mass is 9.96. The summed E-state index contributed by atoms with van der Waals surface area (Å²) in [5.41, 5.74) is 2.18. The average molecular weight is 409 g/mol. The van der Waals surface area contributed by atoms with Crippen molar-refractivity contribution in [2.75, 3.05) is 29.5 Å².